The first-order valence-electron chi connectivity index (χ1n) is 12.4. The number of nitrogens with zero attached hydrogens (tertiary/aromatic N) is 4. The predicted octanol–water partition coefficient (Wildman–Crippen LogP) is 2.76. The second-order valence-electron chi connectivity index (χ2n) is 8.71. The van der Waals surface area contributed by atoms with Gasteiger partial charge in [-0.25, -0.2) is 8.42 Å². The summed E-state index contributed by atoms with van der Waals surface area (Å²) in [7, 11) is -0.497. The third-order valence-electron chi connectivity index (χ3n) is 6.16. The predicted molar refractivity (Wildman–Crippen MR) is 138 cm³/mol. The van der Waals surface area contributed by atoms with Crippen LogP contribution in [0.3, 0.4) is 0 Å². The molecule has 0 unspecified atom stereocenters. The Morgan fingerprint density at radius 1 is 1.13 bits per heavy atom. The lowest BCUT2D eigenvalue weighted by atomic mass is 10.1. The lowest BCUT2D eigenvalue weighted by molar-refractivity contribution is -0.130. The molecule has 0 atom stereocenters. The molecule has 3 aromatic rings. The van der Waals surface area contributed by atoms with Crippen molar-refractivity contribution >= 4 is 15.9 Å². The lowest BCUT2D eigenvalue weighted by Gasteiger charge is -2.26. The maximum Gasteiger partial charge on any atom is 0.246 e. The molecule has 0 saturated carbocycles. The van der Waals surface area contributed by atoms with E-state index in [-0.39, 0.29) is 23.8 Å². The minimum atomic E-state index is -3.66. The molecule has 0 N–H and O–H groups in total. The van der Waals surface area contributed by atoms with Gasteiger partial charge in [0.25, 0.3) is 0 Å². The van der Waals surface area contributed by atoms with Gasteiger partial charge in [-0.3, -0.25) is 4.79 Å². The fourth-order valence-electron chi connectivity index (χ4n) is 4.07. The van der Waals surface area contributed by atoms with Gasteiger partial charge in [0.1, 0.15) is 11.5 Å². The highest BCUT2D eigenvalue weighted by Crippen LogP contribution is 2.26. The first kappa shape index (κ1) is 27.6. The van der Waals surface area contributed by atoms with Crippen LogP contribution >= 0.6 is 0 Å². The molecule has 0 radical (unpaired) electrons. The molecule has 1 amide bonds. The number of ether oxygens (including phenoxy) is 3. The number of carbonyl (C=O) groups is 1. The maximum atomic E-state index is 13.1. The van der Waals surface area contributed by atoms with Crippen LogP contribution in [0.1, 0.15) is 24.8 Å². The van der Waals surface area contributed by atoms with Crippen LogP contribution in [-0.2, 0) is 32.5 Å². The van der Waals surface area contributed by atoms with Gasteiger partial charge in [-0.05, 0) is 61.4 Å². The van der Waals surface area contributed by atoms with Gasteiger partial charge < -0.3 is 23.6 Å². The normalized spacial score (nSPS) is 14.3. The number of methoxy groups -OCH3 is 1. The topological polar surface area (TPSA) is 124 Å². The smallest absolute Gasteiger partial charge is 0.246 e. The van der Waals surface area contributed by atoms with E-state index in [9.17, 15) is 13.2 Å². The average molecular weight is 545 g/mol. The number of aromatic nitrogens is 2. The van der Waals surface area contributed by atoms with Crippen molar-refractivity contribution in [3.8, 4) is 22.9 Å². The van der Waals surface area contributed by atoms with E-state index in [1.807, 2.05) is 31.2 Å². The van der Waals surface area contributed by atoms with E-state index in [1.165, 1.54) is 22.4 Å². The Kier molecular flexibility index (Phi) is 8.97. The van der Waals surface area contributed by atoms with E-state index >= 15 is 0 Å². The highest BCUT2D eigenvalue weighted by Gasteiger charge is 2.27. The van der Waals surface area contributed by atoms with Crippen LogP contribution in [0.25, 0.3) is 11.4 Å². The number of rotatable bonds is 11. The summed E-state index contributed by atoms with van der Waals surface area (Å²) in [6.45, 7) is 3.99. The molecule has 2 heterocycles. The second-order valence-corrected chi connectivity index (χ2v) is 10.6. The fourth-order valence-corrected chi connectivity index (χ4v) is 5.53. The third kappa shape index (κ3) is 6.50. The first-order chi connectivity index (χ1) is 18.3. The summed E-state index contributed by atoms with van der Waals surface area (Å²) >= 11 is 0. The highest BCUT2D eigenvalue weighted by atomic mass is 32.2. The molecular formula is C26H32N4O7S. The van der Waals surface area contributed by atoms with Gasteiger partial charge in [-0.1, -0.05) is 5.16 Å². The van der Waals surface area contributed by atoms with E-state index in [0.29, 0.717) is 62.4 Å². The third-order valence-corrected chi connectivity index (χ3v) is 8.05. The molecule has 2 aromatic carbocycles. The van der Waals surface area contributed by atoms with Gasteiger partial charge >= 0.3 is 0 Å². The van der Waals surface area contributed by atoms with Crippen molar-refractivity contribution in [2.75, 3.05) is 47.1 Å². The largest absolute Gasteiger partial charge is 0.496 e. The average Bonchev–Trinajstić information content (AvgIpc) is 3.41. The quantitative estimate of drug-likeness (QED) is 0.358. The zero-order valence-corrected chi connectivity index (χ0v) is 22.6. The molecular weight excluding hydrogens is 512 g/mol. The summed E-state index contributed by atoms with van der Waals surface area (Å²) in [6.07, 6.45) is 0.452. The van der Waals surface area contributed by atoms with Crippen molar-refractivity contribution in [1.29, 1.82) is 0 Å². The number of benzene rings is 2. The van der Waals surface area contributed by atoms with Gasteiger partial charge in [0.15, 0.2) is 0 Å². The zero-order valence-electron chi connectivity index (χ0n) is 21.8. The van der Waals surface area contributed by atoms with Gasteiger partial charge in [0.2, 0.25) is 27.6 Å². The van der Waals surface area contributed by atoms with Crippen molar-refractivity contribution in [2.45, 2.75) is 31.2 Å². The summed E-state index contributed by atoms with van der Waals surface area (Å²) in [6, 6.07) is 12.1. The van der Waals surface area contributed by atoms with Gasteiger partial charge in [-0.15, -0.1) is 0 Å². The van der Waals surface area contributed by atoms with Crippen LogP contribution in [0.15, 0.2) is 51.9 Å². The monoisotopic (exact) mass is 544 g/mol. The van der Waals surface area contributed by atoms with Gasteiger partial charge in [-0.2, -0.15) is 9.29 Å². The molecule has 0 aliphatic carbocycles. The van der Waals surface area contributed by atoms with Crippen molar-refractivity contribution in [3.63, 3.8) is 0 Å². The van der Waals surface area contributed by atoms with Gasteiger partial charge in [0, 0.05) is 32.1 Å². The van der Waals surface area contributed by atoms with Crippen LogP contribution < -0.4 is 9.47 Å². The molecule has 1 aromatic heterocycles. The number of morpholine rings is 1. The van der Waals surface area contributed by atoms with Crippen LogP contribution in [0.4, 0.5) is 0 Å². The Morgan fingerprint density at radius 3 is 2.55 bits per heavy atom. The first-order valence-corrected chi connectivity index (χ1v) is 13.8. The molecule has 4 rings (SSSR count). The van der Waals surface area contributed by atoms with Crippen LogP contribution in [0.5, 0.6) is 11.5 Å². The van der Waals surface area contributed by atoms with Crippen LogP contribution in [0.2, 0.25) is 0 Å². The van der Waals surface area contributed by atoms with Crippen molar-refractivity contribution in [1.82, 2.24) is 19.3 Å². The fraction of sp³-hybridized carbons (Fsp3) is 0.423. The summed E-state index contributed by atoms with van der Waals surface area (Å²) in [4.78, 5) is 18.9. The molecule has 38 heavy (non-hydrogen) atoms. The molecule has 11 nitrogen and oxygen atoms in total. The Hall–Kier alpha value is -3.48. The highest BCUT2D eigenvalue weighted by molar-refractivity contribution is 7.89. The molecule has 1 aliphatic heterocycles. The molecule has 0 spiro atoms. The Labute approximate surface area is 222 Å². The number of sulfonamides is 1. The van der Waals surface area contributed by atoms with Crippen molar-refractivity contribution in [3.05, 3.63) is 53.9 Å². The summed E-state index contributed by atoms with van der Waals surface area (Å²) in [5.74, 6) is 1.85. The second kappa shape index (κ2) is 12.4. The van der Waals surface area contributed by atoms with E-state index in [4.69, 9.17) is 18.7 Å². The number of amides is 1. The van der Waals surface area contributed by atoms with Crippen molar-refractivity contribution < 1.29 is 31.9 Å². The zero-order chi connectivity index (χ0) is 27.1. The Morgan fingerprint density at radius 2 is 1.87 bits per heavy atom. The van der Waals surface area contributed by atoms with Crippen LogP contribution in [0, 0.1) is 0 Å². The van der Waals surface area contributed by atoms with Crippen LogP contribution in [-0.4, -0.2) is 80.7 Å². The Bertz CT molecular complexity index is 1340. The number of carbonyl (C=O) groups excluding carboxylic acids is 1. The summed E-state index contributed by atoms with van der Waals surface area (Å²) in [5, 5.41) is 4.01. The number of hydrogen-bond acceptors (Lipinski definition) is 9. The minimum Gasteiger partial charge on any atom is -0.496 e. The van der Waals surface area contributed by atoms with E-state index in [1.54, 1.807) is 19.2 Å². The Balaban J connectivity index is 1.38. The summed E-state index contributed by atoms with van der Waals surface area (Å²) < 4.78 is 49.0. The molecule has 1 saturated heterocycles. The molecule has 1 aliphatic rings. The standard InChI is InChI=1S/C26H32N4O7S/c1-4-36-21-8-5-19(6-9-21)26-27-24(37-28-26)18-29(2)25(31)12-7-20-17-22(10-11-23(20)34-3)38(32,33)30-13-15-35-16-14-30/h5-6,8-11,17H,4,7,12-16,18H2,1-3H3. The SMILES string of the molecule is CCOc1ccc(-c2noc(CN(C)C(=O)CCc3cc(S(=O)(=O)N4CCOCC4)ccc3OC)n2)cc1. The molecule has 0 bridgehead atoms. The van der Waals surface area contributed by atoms with E-state index in [2.05, 4.69) is 10.1 Å². The minimum absolute atomic E-state index is 0.144. The maximum absolute atomic E-state index is 13.1. The van der Waals surface area contributed by atoms with Crippen molar-refractivity contribution in [2.24, 2.45) is 0 Å². The van der Waals surface area contributed by atoms with Gasteiger partial charge in [0.05, 0.1) is 38.4 Å². The number of aryl methyl sites for hydroxylation is 1. The molecule has 1 fully saturated rings. The molecule has 12 heteroatoms. The molecule has 204 valence electrons. The lowest BCUT2D eigenvalue weighted by Crippen LogP contribution is -2.40. The number of hydrogen-bond donors (Lipinski definition) is 0. The van der Waals surface area contributed by atoms with E-state index in [0.717, 1.165) is 11.3 Å². The van der Waals surface area contributed by atoms with E-state index < -0.39 is 10.0 Å². The summed E-state index contributed by atoms with van der Waals surface area (Å²) in [5.41, 5.74) is 1.41.